The quantitative estimate of drug-likeness (QED) is 0.223. The van der Waals surface area contributed by atoms with Gasteiger partial charge in [0.2, 0.25) is 5.91 Å². The smallest absolute Gasteiger partial charge is 0.254 e. The van der Waals surface area contributed by atoms with E-state index >= 15 is 0 Å². The Morgan fingerprint density at radius 1 is 0.721 bits per heavy atom. The topological polar surface area (TPSA) is 62.6 Å². The molecule has 0 saturated heterocycles. The molecule has 0 spiro atoms. The Morgan fingerprint density at radius 3 is 2.16 bits per heavy atom. The second-order valence-corrected chi connectivity index (χ2v) is 10.9. The number of rotatable bonds is 6. The number of hydrogen-bond acceptors (Lipinski definition) is 3. The van der Waals surface area contributed by atoms with Gasteiger partial charge in [-0.1, -0.05) is 109 Å². The lowest BCUT2D eigenvalue weighted by molar-refractivity contribution is -0.116. The maximum Gasteiger partial charge on any atom is 0.254 e. The number of anilines is 1. The molecular formula is C38H30N2O3. The van der Waals surface area contributed by atoms with E-state index in [1.807, 2.05) is 138 Å². The average molecular weight is 563 g/mol. The van der Waals surface area contributed by atoms with Crippen molar-refractivity contribution < 1.29 is 14.0 Å². The number of hydrogen-bond donors (Lipinski definition) is 1. The highest BCUT2D eigenvalue weighted by Crippen LogP contribution is 2.33. The third kappa shape index (κ3) is 5.33. The van der Waals surface area contributed by atoms with Gasteiger partial charge in [-0.25, -0.2) is 0 Å². The van der Waals surface area contributed by atoms with Crippen LogP contribution in [-0.2, 0) is 17.8 Å². The number of nitrogens with one attached hydrogen (secondary N) is 1. The Bertz CT molecular complexity index is 1880. The zero-order chi connectivity index (χ0) is 29.2. The second-order valence-electron chi connectivity index (χ2n) is 10.9. The van der Waals surface area contributed by atoms with Crippen LogP contribution in [0, 0.1) is 0 Å². The highest BCUT2D eigenvalue weighted by Gasteiger charge is 2.27. The predicted octanol–water partition coefficient (Wildman–Crippen LogP) is 8.07. The summed E-state index contributed by atoms with van der Waals surface area (Å²) in [5.74, 6) is 1.12. The standard InChI is InChI=1S/C38H30N2O3/c41-37(36(27-12-3-1-4-13-27)28-14-5-2-6-15-28)39-31-18-9-17-29(23-31)35-24-30-25-40(22-21-34(30)43-35)38(42)33-20-10-16-26-11-7-8-19-32(26)33/h1-20,23-24,36H,21-22,25H2,(H,39,41). The Labute approximate surface area is 250 Å². The van der Waals surface area contributed by atoms with Gasteiger partial charge in [-0.3, -0.25) is 9.59 Å². The number of amides is 2. The summed E-state index contributed by atoms with van der Waals surface area (Å²) in [6.45, 7) is 1.09. The van der Waals surface area contributed by atoms with Crippen LogP contribution >= 0.6 is 0 Å². The van der Waals surface area contributed by atoms with Gasteiger partial charge >= 0.3 is 0 Å². The van der Waals surface area contributed by atoms with E-state index in [1.165, 1.54) is 0 Å². The molecule has 1 aliphatic heterocycles. The van der Waals surface area contributed by atoms with Gasteiger partial charge < -0.3 is 14.6 Å². The van der Waals surface area contributed by atoms with Crippen molar-refractivity contribution in [2.24, 2.45) is 0 Å². The lowest BCUT2D eigenvalue weighted by atomic mass is 9.90. The summed E-state index contributed by atoms with van der Waals surface area (Å²) in [5.41, 5.74) is 5.17. The van der Waals surface area contributed by atoms with Crippen molar-refractivity contribution in [3.8, 4) is 11.3 Å². The fraction of sp³-hybridized carbons (Fsp3) is 0.105. The van der Waals surface area contributed by atoms with Gasteiger partial charge in [0.1, 0.15) is 11.5 Å². The maximum absolute atomic E-state index is 13.6. The van der Waals surface area contributed by atoms with Crippen LogP contribution in [0.25, 0.3) is 22.1 Å². The first kappa shape index (κ1) is 26.5. The SMILES string of the molecule is O=C(Nc1cccc(-c2cc3c(o2)CCN(C(=O)c2cccc4ccccc24)C3)c1)C(c1ccccc1)c1ccccc1. The molecule has 0 fully saturated rings. The van der Waals surface area contributed by atoms with Crippen molar-refractivity contribution in [1.82, 2.24) is 4.90 Å². The highest BCUT2D eigenvalue weighted by atomic mass is 16.3. The van der Waals surface area contributed by atoms with Crippen molar-refractivity contribution in [2.75, 3.05) is 11.9 Å². The van der Waals surface area contributed by atoms with Crippen LogP contribution in [0.15, 0.2) is 138 Å². The number of carbonyl (C=O) groups is 2. The summed E-state index contributed by atoms with van der Waals surface area (Å²) in [7, 11) is 0. The minimum absolute atomic E-state index is 0.0290. The molecule has 0 saturated carbocycles. The molecule has 0 aliphatic carbocycles. The van der Waals surface area contributed by atoms with Crippen LogP contribution in [-0.4, -0.2) is 23.3 Å². The van der Waals surface area contributed by atoms with Crippen molar-refractivity contribution >= 4 is 28.3 Å². The first-order chi connectivity index (χ1) is 21.1. The summed E-state index contributed by atoms with van der Waals surface area (Å²) in [6.07, 6.45) is 0.651. The van der Waals surface area contributed by atoms with E-state index in [9.17, 15) is 9.59 Å². The van der Waals surface area contributed by atoms with Crippen LogP contribution < -0.4 is 5.32 Å². The summed E-state index contributed by atoms with van der Waals surface area (Å²) >= 11 is 0. The first-order valence-electron chi connectivity index (χ1n) is 14.5. The largest absolute Gasteiger partial charge is 0.461 e. The van der Waals surface area contributed by atoms with E-state index in [1.54, 1.807) is 0 Å². The van der Waals surface area contributed by atoms with Gasteiger partial charge in [0.25, 0.3) is 5.91 Å². The molecule has 5 aromatic carbocycles. The molecular weight excluding hydrogens is 532 g/mol. The number of furan rings is 1. The van der Waals surface area contributed by atoms with Gasteiger partial charge in [0, 0.05) is 41.9 Å². The van der Waals surface area contributed by atoms with Gasteiger partial charge in [-0.15, -0.1) is 0 Å². The zero-order valence-electron chi connectivity index (χ0n) is 23.6. The molecule has 0 radical (unpaired) electrons. The fourth-order valence-electron chi connectivity index (χ4n) is 5.98. The molecule has 5 nitrogen and oxygen atoms in total. The molecule has 43 heavy (non-hydrogen) atoms. The molecule has 0 atom stereocenters. The third-order valence-corrected chi connectivity index (χ3v) is 8.12. The molecule has 1 aromatic heterocycles. The van der Waals surface area contributed by atoms with Gasteiger partial charge in [0.15, 0.2) is 0 Å². The number of carbonyl (C=O) groups excluding carboxylic acids is 2. The van der Waals surface area contributed by atoms with Crippen molar-refractivity contribution in [3.05, 3.63) is 161 Å². The molecule has 0 unspecified atom stereocenters. The third-order valence-electron chi connectivity index (χ3n) is 8.12. The number of fused-ring (bicyclic) bond motifs is 2. The van der Waals surface area contributed by atoms with Crippen LogP contribution in [0.3, 0.4) is 0 Å². The average Bonchev–Trinajstić information content (AvgIpc) is 3.49. The monoisotopic (exact) mass is 562 g/mol. The Kier molecular flexibility index (Phi) is 7.05. The molecule has 1 aliphatic rings. The van der Waals surface area contributed by atoms with Crippen LogP contribution in [0.1, 0.15) is 38.7 Å². The minimum Gasteiger partial charge on any atom is -0.461 e. The predicted molar refractivity (Wildman–Crippen MR) is 170 cm³/mol. The highest BCUT2D eigenvalue weighted by molar-refractivity contribution is 6.07. The van der Waals surface area contributed by atoms with E-state index in [0.717, 1.165) is 50.1 Å². The molecule has 7 rings (SSSR count). The lowest BCUT2D eigenvalue weighted by Gasteiger charge is -2.26. The Balaban J connectivity index is 1.11. The minimum atomic E-state index is -0.438. The summed E-state index contributed by atoms with van der Waals surface area (Å²) in [4.78, 5) is 29.1. The number of benzene rings is 5. The zero-order valence-corrected chi connectivity index (χ0v) is 23.6. The van der Waals surface area contributed by atoms with Crippen LogP contribution in [0.2, 0.25) is 0 Å². The molecule has 1 N–H and O–H groups in total. The normalized spacial score (nSPS) is 12.7. The summed E-state index contributed by atoms with van der Waals surface area (Å²) < 4.78 is 6.29. The van der Waals surface area contributed by atoms with E-state index in [4.69, 9.17) is 4.42 Å². The molecule has 210 valence electrons. The Morgan fingerprint density at radius 2 is 1.40 bits per heavy atom. The number of nitrogens with zero attached hydrogens (tertiary/aromatic N) is 1. The van der Waals surface area contributed by atoms with Crippen molar-refractivity contribution in [1.29, 1.82) is 0 Å². The molecule has 2 amide bonds. The van der Waals surface area contributed by atoms with E-state index in [2.05, 4.69) is 5.32 Å². The molecule has 5 heteroatoms. The maximum atomic E-state index is 13.6. The molecule has 2 heterocycles. The second kappa shape index (κ2) is 11.5. The fourth-order valence-corrected chi connectivity index (χ4v) is 5.98. The van der Waals surface area contributed by atoms with Crippen LogP contribution in [0.5, 0.6) is 0 Å². The van der Waals surface area contributed by atoms with E-state index in [0.29, 0.717) is 25.2 Å². The van der Waals surface area contributed by atoms with Crippen molar-refractivity contribution in [3.63, 3.8) is 0 Å². The molecule has 0 bridgehead atoms. The van der Waals surface area contributed by atoms with Gasteiger partial charge in [0.05, 0.1) is 5.92 Å². The van der Waals surface area contributed by atoms with E-state index < -0.39 is 5.92 Å². The Hall–Kier alpha value is -5.42. The van der Waals surface area contributed by atoms with Crippen molar-refractivity contribution in [2.45, 2.75) is 18.9 Å². The first-order valence-corrected chi connectivity index (χ1v) is 14.5. The summed E-state index contributed by atoms with van der Waals surface area (Å²) in [5, 5.41) is 5.16. The molecule has 6 aromatic rings. The summed E-state index contributed by atoms with van der Waals surface area (Å²) in [6, 6.07) is 43.3. The van der Waals surface area contributed by atoms with E-state index in [-0.39, 0.29) is 11.8 Å². The van der Waals surface area contributed by atoms with Gasteiger partial charge in [-0.2, -0.15) is 0 Å². The van der Waals surface area contributed by atoms with Gasteiger partial charge in [-0.05, 0) is 46.2 Å². The van der Waals surface area contributed by atoms with Crippen LogP contribution in [0.4, 0.5) is 5.69 Å². The lowest BCUT2D eigenvalue weighted by Crippen LogP contribution is -2.35.